The van der Waals surface area contributed by atoms with E-state index >= 15 is 0 Å². The maximum absolute atomic E-state index is 12.3. The summed E-state index contributed by atoms with van der Waals surface area (Å²) < 4.78 is 11.8. The van der Waals surface area contributed by atoms with Crippen molar-refractivity contribution < 1.29 is 19.1 Å². The van der Waals surface area contributed by atoms with Gasteiger partial charge in [-0.1, -0.05) is 101 Å². The van der Waals surface area contributed by atoms with Crippen molar-refractivity contribution in [3.8, 4) is 0 Å². The summed E-state index contributed by atoms with van der Waals surface area (Å²) in [5.74, 6) is -0.0503. The SMILES string of the molecule is C=C1CC(CCCCC(C)(C)[Si](O)(c2ccccc2)c2ccccc2)O[C@H]1CCC1C[C@@H](C)C(=O)O1. The molecule has 0 spiro atoms. The average Bonchev–Trinajstić information content (AvgIpc) is 3.40. The molecule has 0 radical (unpaired) electrons. The van der Waals surface area contributed by atoms with E-state index in [1.165, 1.54) is 5.57 Å². The Kier molecular flexibility index (Phi) is 8.54. The van der Waals surface area contributed by atoms with Crippen molar-refractivity contribution in [3.05, 3.63) is 72.8 Å². The van der Waals surface area contributed by atoms with Crippen LogP contribution in [0.4, 0.5) is 0 Å². The first-order valence-electron chi connectivity index (χ1n) is 13.6. The summed E-state index contributed by atoms with van der Waals surface area (Å²) in [4.78, 5) is 24.0. The van der Waals surface area contributed by atoms with Crippen LogP contribution in [0, 0.1) is 5.92 Å². The van der Waals surface area contributed by atoms with Gasteiger partial charge in [-0.25, -0.2) is 0 Å². The molecule has 194 valence electrons. The van der Waals surface area contributed by atoms with Gasteiger partial charge >= 0.3 is 5.97 Å². The highest BCUT2D eigenvalue weighted by atomic mass is 28.4. The van der Waals surface area contributed by atoms with Crippen LogP contribution in [-0.4, -0.2) is 37.4 Å². The Morgan fingerprint density at radius 1 is 0.944 bits per heavy atom. The molecule has 2 unspecified atom stereocenters. The Balaban J connectivity index is 1.29. The van der Waals surface area contributed by atoms with Crippen molar-refractivity contribution in [2.45, 2.75) is 95.5 Å². The molecule has 36 heavy (non-hydrogen) atoms. The molecule has 0 amide bonds. The van der Waals surface area contributed by atoms with Crippen molar-refractivity contribution >= 4 is 24.7 Å². The first-order chi connectivity index (χ1) is 17.2. The van der Waals surface area contributed by atoms with Crippen molar-refractivity contribution in [1.29, 1.82) is 0 Å². The lowest BCUT2D eigenvalue weighted by Gasteiger charge is -2.41. The predicted octanol–water partition coefficient (Wildman–Crippen LogP) is 5.52. The normalized spacial score (nSPS) is 24.8. The highest BCUT2D eigenvalue weighted by Crippen LogP contribution is 2.41. The van der Waals surface area contributed by atoms with Gasteiger partial charge in [0.05, 0.1) is 18.1 Å². The zero-order valence-electron chi connectivity index (χ0n) is 22.1. The predicted molar refractivity (Wildman–Crippen MR) is 148 cm³/mol. The molecular weight excluding hydrogens is 464 g/mol. The molecule has 2 aromatic carbocycles. The minimum Gasteiger partial charge on any atom is -0.462 e. The summed E-state index contributed by atoms with van der Waals surface area (Å²) in [6.07, 6.45) is 7.88. The van der Waals surface area contributed by atoms with Crippen LogP contribution >= 0.6 is 0 Å². The zero-order chi connectivity index (χ0) is 25.8. The van der Waals surface area contributed by atoms with Gasteiger partial charge in [0.2, 0.25) is 0 Å². The maximum atomic E-state index is 12.3. The Labute approximate surface area is 217 Å². The summed E-state index contributed by atoms with van der Waals surface area (Å²) in [5.41, 5.74) is 1.17. The molecule has 2 heterocycles. The molecule has 0 saturated carbocycles. The second-order valence-electron chi connectivity index (χ2n) is 11.5. The van der Waals surface area contributed by atoms with E-state index in [1.807, 2.05) is 43.3 Å². The first kappa shape index (κ1) is 26.8. The fraction of sp³-hybridized carbons (Fsp3) is 0.516. The number of unbranched alkanes of at least 4 members (excludes halogenated alkanes) is 1. The molecule has 2 aliphatic heterocycles. The molecule has 0 aliphatic carbocycles. The van der Waals surface area contributed by atoms with E-state index in [9.17, 15) is 9.59 Å². The largest absolute Gasteiger partial charge is 0.462 e. The van der Waals surface area contributed by atoms with Crippen LogP contribution < -0.4 is 10.4 Å². The highest BCUT2D eigenvalue weighted by Gasteiger charge is 2.49. The van der Waals surface area contributed by atoms with Gasteiger partial charge in [-0.15, -0.1) is 0 Å². The van der Waals surface area contributed by atoms with Crippen molar-refractivity contribution in [2.75, 3.05) is 0 Å². The van der Waals surface area contributed by atoms with Crippen LogP contribution in [0.5, 0.6) is 0 Å². The number of hydrogen-bond acceptors (Lipinski definition) is 4. The van der Waals surface area contributed by atoms with Gasteiger partial charge in [-0.2, -0.15) is 0 Å². The molecule has 5 heteroatoms. The molecule has 2 aliphatic rings. The monoisotopic (exact) mass is 506 g/mol. The second-order valence-corrected chi connectivity index (χ2v) is 15.4. The van der Waals surface area contributed by atoms with E-state index in [1.54, 1.807) is 0 Å². The minimum absolute atomic E-state index is 0.0178. The number of benzene rings is 2. The third-order valence-electron chi connectivity index (χ3n) is 8.29. The topological polar surface area (TPSA) is 55.8 Å². The molecule has 1 N–H and O–H groups in total. The van der Waals surface area contributed by atoms with Crippen LogP contribution in [0.15, 0.2) is 72.8 Å². The highest BCUT2D eigenvalue weighted by molar-refractivity contribution is 6.98. The molecule has 2 fully saturated rings. The number of carbonyl (C=O) groups excluding carboxylic acids is 1. The Morgan fingerprint density at radius 2 is 1.56 bits per heavy atom. The van der Waals surface area contributed by atoms with Crippen molar-refractivity contribution in [1.82, 2.24) is 0 Å². The number of carbonyl (C=O) groups is 1. The summed E-state index contributed by atoms with van der Waals surface area (Å²) in [6, 6.07) is 20.5. The van der Waals surface area contributed by atoms with Crippen LogP contribution in [0.1, 0.15) is 72.1 Å². The number of hydrogen-bond donors (Lipinski definition) is 1. The van der Waals surface area contributed by atoms with E-state index in [4.69, 9.17) is 9.47 Å². The third-order valence-corrected chi connectivity index (χ3v) is 12.8. The second kappa shape index (κ2) is 11.5. The molecule has 2 saturated heterocycles. The van der Waals surface area contributed by atoms with E-state index in [-0.39, 0.29) is 35.2 Å². The number of rotatable bonds is 11. The van der Waals surface area contributed by atoms with Gasteiger partial charge in [-0.05, 0) is 59.5 Å². The Bertz CT molecular complexity index is 980. The van der Waals surface area contributed by atoms with Crippen molar-refractivity contribution in [3.63, 3.8) is 0 Å². The maximum Gasteiger partial charge on any atom is 0.309 e. The summed E-state index contributed by atoms with van der Waals surface area (Å²) in [5, 5.41) is 1.93. The fourth-order valence-electron chi connectivity index (χ4n) is 6.00. The van der Waals surface area contributed by atoms with Gasteiger partial charge in [0.1, 0.15) is 6.10 Å². The van der Waals surface area contributed by atoms with Gasteiger partial charge in [-0.3, -0.25) is 4.79 Å². The number of ether oxygens (including phenoxy) is 2. The van der Waals surface area contributed by atoms with Gasteiger partial charge in [0.15, 0.2) is 0 Å². The van der Waals surface area contributed by atoms with Gasteiger partial charge in [0.25, 0.3) is 8.32 Å². The lowest BCUT2D eigenvalue weighted by atomic mass is 9.98. The van der Waals surface area contributed by atoms with Gasteiger partial charge < -0.3 is 14.3 Å². The van der Waals surface area contributed by atoms with E-state index in [0.717, 1.165) is 61.7 Å². The Morgan fingerprint density at radius 3 is 2.11 bits per heavy atom. The van der Waals surface area contributed by atoms with Gasteiger partial charge in [0, 0.05) is 0 Å². The van der Waals surface area contributed by atoms with E-state index in [2.05, 4.69) is 44.7 Å². The zero-order valence-corrected chi connectivity index (χ0v) is 23.1. The standard InChI is InChI=1S/C31H42O4Si/c1-23-21-25(34-29(23)19-18-26-22-24(2)30(32)35-26)13-11-12-20-31(3,4)36(33,27-14-7-5-8-15-27)28-16-9-6-10-17-28/h5-10,14-17,24-26,29,33H,1,11-13,18-22H2,2-4H3/t24-,25?,26?,29+/m1/s1. The number of esters is 1. The molecule has 4 nitrogen and oxygen atoms in total. The first-order valence-corrected chi connectivity index (χ1v) is 15.5. The molecule has 4 atom stereocenters. The van der Waals surface area contributed by atoms with E-state index in [0.29, 0.717) is 0 Å². The molecule has 2 aromatic rings. The molecular formula is C31H42O4Si. The van der Waals surface area contributed by atoms with Crippen LogP contribution in [0.2, 0.25) is 5.04 Å². The van der Waals surface area contributed by atoms with Crippen LogP contribution in [-0.2, 0) is 14.3 Å². The summed E-state index contributed by atoms with van der Waals surface area (Å²) >= 11 is 0. The average molecular weight is 507 g/mol. The van der Waals surface area contributed by atoms with Crippen molar-refractivity contribution in [2.24, 2.45) is 5.92 Å². The van der Waals surface area contributed by atoms with E-state index < -0.39 is 8.32 Å². The molecule has 4 rings (SSSR count). The quantitative estimate of drug-likeness (QED) is 0.189. The Hall–Kier alpha value is -2.21. The smallest absolute Gasteiger partial charge is 0.309 e. The van der Waals surface area contributed by atoms with Crippen LogP contribution in [0.3, 0.4) is 0 Å². The fourth-order valence-corrected chi connectivity index (χ4v) is 9.79. The minimum atomic E-state index is -2.95. The summed E-state index contributed by atoms with van der Waals surface area (Å²) in [6.45, 7) is 10.7. The summed E-state index contributed by atoms with van der Waals surface area (Å²) in [7, 11) is -2.95. The van der Waals surface area contributed by atoms with Crippen LogP contribution in [0.25, 0.3) is 0 Å². The third kappa shape index (κ3) is 5.85. The molecule has 0 aromatic heterocycles. The lowest BCUT2D eigenvalue weighted by molar-refractivity contribution is -0.144. The lowest BCUT2D eigenvalue weighted by Crippen LogP contribution is -2.65. The number of cyclic esters (lactones) is 1. The molecule has 0 bridgehead atoms.